The highest BCUT2D eigenvalue weighted by molar-refractivity contribution is 4.81. The van der Waals surface area contributed by atoms with Gasteiger partial charge in [0.25, 0.3) is 0 Å². The third kappa shape index (κ3) is 2.01. The Labute approximate surface area is 77.1 Å². The molecule has 0 aromatic rings. The van der Waals surface area contributed by atoms with Crippen LogP contribution in [0.3, 0.4) is 0 Å². The van der Waals surface area contributed by atoms with Crippen LogP contribution in [0.25, 0.3) is 0 Å². The number of nitrogens with zero attached hydrogens (tertiary/aromatic N) is 1. The van der Waals surface area contributed by atoms with Gasteiger partial charge in [0.15, 0.2) is 0 Å². The third-order valence-electron chi connectivity index (χ3n) is 3.38. The van der Waals surface area contributed by atoms with Crippen molar-refractivity contribution >= 4 is 0 Å². The fraction of sp³-hybridized carbons (Fsp3) is 1.00. The van der Waals surface area contributed by atoms with Crippen LogP contribution in [0.5, 0.6) is 0 Å². The summed E-state index contributed by atoms with van der Waals surface area (Å²) in [4.78, 5) is 2.65. The topological polar surface area (TPSA) is 3.24 Å². The lowest BCUT2D eigenvalue weighted by atomic mass is 9.87. The van der Waals surface area contributed by atoms with Crippen LogP contribution in [0, 0.1) is 5.92 Å². The van der Waals surface area contributed by atoms with Crippen molar-refractivity contribution in [2.45, 2.75) is 59.0 Å². The van der Waals surface area contributed by atoms with Crippen LogP contribution in [0.15, 0.2) is 0 Å². The second-order valence-corrected chi connectivity index (χ2v) is 4.38. The molecular formula is C11H23N. The smallest absolute Gasteiger partial charge is 0.00977 e. The lowest BCUT2D eigenvalue weighted by Gasteiger charge is -2.41. The molecule has 0 bridgehead atoms. The molecule has 0 spiro atoms. The van der Waals surface area contributed by atoms with Crippen molar-refractivity contribution in [3.8, 4) is 0 Å². The molecule has 12 heavy (non-hydrogen) atoms. The average molecular weight is 169 g/mol. The van der Waals surface area contributed by atoms with Gasteiger partial charge in [0.05, 0.1) is 0 Å². The number of rotatable bonds is 2. The Morgan fingerprint density at radius 1 is 1.42 bits per heavy atom. The normalized spacial score (nSPS) is 32.8. The number of piperidine rings is 1. The van der Waals surface area contributed by atoms with Crippen molar-refractivity contribution in [1.29, 1.82) is 0 Å². The van der Waals surface area contributed by atoms with E-state index in [4.69, 9.17) is 0 Å². The summed E-state index contributed by atoms with van der Waals surface area (Å²) in [5.74, 6) is 0.946. The fourth-order valence-corrected chi connectivity index (χ4v) is 2.53. The Morgan fingerprint density at radius 2 is 2.08 bits per heavy atom. The summed E-state index contributed by atoms with van der Waals surface area (Å²) in [6.45, 7) is 10.7. The van der Waals surface area contributed by atoms with Crippen LogP contribution >= 0.6 is 0 Å². The Kier molecular flexibility index (Phi) is 3.57. The van der Waals surface area contributed by atoms with E-state index in [1.165, 1.54) is 25.8 Å². The van der Waals surface area contributed by atoms with Crippen molar-refractivity contribution in [3.05, 3.63) is 0 Å². The van der Waals surface area contributed by atoms with Gasteiger partial charge >= 0.3 is 0 Å². The van der Waals surface area contributed by atoms with E-state index < -0.39 is 0 Å². The molecule has 0 aromatic carbocycles. The Morgan fingerprint density at radius 3 is 2.58 bits per heavy atom. The molecule has 1 saturated heterocycles. The number of hydrogen-bond donors (Lipinski definition) is 0. The molecule has 1 aliphatic rings. The van der Waals surface area contributed by atoms with E-state index in [9.17, 15) is 0 Å². The number of hydrogen-bond acceptors (Lipinski definition) is 1. The predicted molar refractivity (Wildman–Crippen MR) is 54.3 cm³/mol. The van der Waals surface area contributed by atoms with E-state index in [1.54, 1.807) is 0 Å². The third-order valence-corrected chi connectivity index (χ3v) is 3.38. The molecule has 1 nitrogen and oxygen atoms in total. The van der Waals surface area contributed by atoms with Crippen LogP contribution in [-0.4, -0.2) is 23.5 Å². The molecule has 0 saturated carbocycles. The zero-order chi connectivity index (χ0) is 9.14. The van der Waals surface area contributed by atoms with Gasteiger partial charge in [0.1, 0.15) is 0 Å². The molecule has 0 aliphatic carbocycles. The molecule has 0 aromatic heterocycles. The molecule has 1 heteroatoms. The molecule has 1 rings (SSSR count). The van der Waals surface area contributed by atoms with E-state index in [0.29, 0.717) is 0 Å². The zero-order valence-corrected chi connectivity index (χ0v) is 9.01. The molecule has 72 valence electrons. The average Bonchev–Trinajstić information content (AvgIpc) is 2.04. The van der Waals surface area contributed by atoms with Gasteiger partial charge in [-0.2, -0.15) is 0 Å². The van der Waals surface area contributed by atoms with Gasteiger partial charge in [-0.25, -0.2) is 0 Å². The maximum absolute atomic E-state index is 2.65. The molecule has 0 N–H and O–H groups in total. The first-order valence-electron chi connectivity index (χ1n) is 5.42. The molecule has 0 amide bonds. The first-order valence-corrected chi connectivity index (χ1v) is 5.42. The van der Waals surface area contributed by atoms with E-state index in [2.05, 4.69) is 32.6 Å². The predicted octanol–water partition coefficient (Wildman–Crippen LogP) is 2.91. The summed E-state index contributed by atoms with van der Waals surface area (Å²) < 4.78 is 0. The summed E-state index contributed by atoms with van der Waals surface area (Å²) in [6.07, 6.45) is 4.20. The monoisotopic (exact) mass is 169 g/mol. The van der Waals surface area contributed by atoms with Gasteiger partial charge in [-0.3, -0.25) is 4.90 Å². The van der Waals surface area contributed by atoms with Gasteiger partial charge in [-0.05, 0) is 46.1 Å². The van der Waals surface area contributed by atoms with Crippen LogP contribution in [0.2, 0.25) is 0 Å². The quantitative estimate of drug-likeness (QED) is 0.614. The van der Waals surface area contributed by atoms with Gasteiger partial charge in [-0.15, -0.1) is 0 Å². The van der Waals surface area contributed by atoms with E-state index >= 15 is 0 Å². The van der Waals surface area contributed by atoms with Gasteiger partial charge in [0.2, 0.25) is 0 Å². The highest BCUT2D eigenvalue weighted by atomic mass is 15.2. The van der Waals surface area contributed by atoms with E-state index in [1.807, 2.05) is 0 Å². The maximum atomic E-state index is 2.65. The molecule has 1 heterocycles. The summed E-state index contributed by atoms with van der Waals surface area (Å²) in [5, 5.41) is 0. The van der Waals surface area contributed by atoms with Crippen molar-refractivity contribution in [3.63, 3.8) is 0 Å². The lowest BCUT2D eigenvalue weighted by molar-refractivity contribution is 0.0736. The van der Waals surface area contributed by atoms with Gasteiger partial charge < -0.3 is 0 Å². The van der Waals surface area contributed by atoms with Crippen LogP contribution < -0.4 is 0 Å². The summed E-state index contributed by atoms with van der Waals surface area (Å²) in [6, 6.07) is 1.54. The highest BCUT2D eigenvalue weighted by Crippen LogP contribution is 2.27. The first-order chi connectivity index (χ1) is 5.66. The fourth-order valence-electron chi connectivity index (χ4n) is 2.53. The molecular weight excluding hydrogens is 146 g/mol. The highest BCUT2D eigenvalue weighted by Gasteiger charge is 2.27. The van der Waals surface area contributed by atoms with Crippen molar-refractivity contribution in [1.82, 2.24) is 4.90 Å². The van der Waals surface area contributed by atoms with Gasteiger partial charge in [0, 0.05) is 12.1 Å². The van der Waals surface area contributed by atoms with E-state index in [-0.39, 0.29) is 0 Å². The minimum atomic E-state index is 0.731. The molecule has 2 atom stereocenters. The Hall–Kier alpha value is -0.0400. The van der Waals surface area contributed by atoms with Crippen LogP contribution in [0.1, 0.15) is 47.0 Å². The summed E-state index contributed by atoms with van der Waals surface area (Å²) in [5.41, 5.74) is 0. The second kappa shape index (κ2) is 4.27. The molecule has 0 unspecified atom stereocenters. The van der Waals surface area contributed by atoms with Crippen LogP contribution in [0.4, 0.5) is 0 Å². The second-order valence-electron chi connectivity index (χ2n) is 4.38. The molecule has 1 aliphatic heterocycles. The zero-order valence-electron chi connectivity index (χ0n) is 9.01. The minimum absolute atomic E-state index is 0.731. The molecule has 0 radical (unpaired) electrons. The van der Waals surface area contributed by atoms with Crippen LogP contribution in [-0.2, 0) is 0 Å². The SMILES string of the molecule is CC[C@@H]1CCCN(C(C)C)[C@@H]1C. The standard InChI is InChI=1S/C11H23N/c1-5-11-7-6-8-12(9(2)3)10(11)4/h9-11H,5-8H2,1-4H3/t10-,11-/m1/s1. The maximum Gasteiger partial charge on any atom is 0.00977 e. The summed E-state index contributed by atoms with van der Waals surface area (Å²) in [7, 11) is 0. The minimum Gasteiger partial charge on any atom is -0.298 e. The van der Waals surface area contributed by atoms with Crippen molar-refractivity contribution < 1.29 is 0 Å². The largest absolute Gasteiger partial charge is 0.298 e. The lowest BCUT2D eigenvalue weighted by Crippen LogP contribution is -2.46. The Balaban J connectivity index is 2.53. The first kappa shape index (κ1) is 10.0. The van der Waals surface area contributed by atoms with Gasteiger partial charge in [-0.1, -0.05) is 13.3 Å². The Bertz CT molecular complexity index is 131. The summed E-state index contributed by atoms with van der Waals surface area (Å²) >= 11 is 0. The van der Waals surface area contributed by atoms with E-state index in [0.717, 1.165) is 18.0 Å². The molecule has 1 fully saturated rings. The van der Waals surface area contributed by atoms with Crippen molar-refractivity contribution in [2.75, 3.05) is 6.54 Å². The number of likely N-dealkylation sites (tertiary alicyclic amines) is 1. The van der Waals surface area contributed by atoms with Crippen molar-refractivity contribution in [2.24, 2.45) is 5.92 Å².